The number of likely N-dealkylation sites (tertiary alicyclic amines) is 1. The smallest absolute Gasteiger partial charge is 0.415 e. The average Bonchev–Trinajstić information content (AvgIpc) is 4.01. The molecule has 328 valence electrons. The number of nitrogens with zero attached hydrogens (tertiary/aromatic N) is 4. The first kappa shape index (κ1) is 46.5. The molecular weight excluding hydrogens is 827 g/mol. The molecule has 0 aliphatic carbocycles. The molecule has 2 aliphatic rings. The van der Waals surface area contributed by atoms with E-state index in [0.29, 0.717) is 65.7 Å². The monoisotopic (exact) mass is 879 g/mol. The molecule has 1 aromatic heterocycles. The van der Waals surface area contributed by atoms with Gasteiger partial charge in [-0.2, -0.15) is 0 Å². The van der Waals surface area contributed by atoms with Crippen molar-refractivity contribution < 1.29 is 43.4 Å². The number of rotatable bonds is 20. The van der Waals surface area contributed by atoms with E-state index < -0.39 is 60.0 Å². The number of nitrogens with one attached hydrogen (secondary N) is 5. The van der Waals surface area contributed by atoms with Gasteiger partial charge in [0.15, 0.2) is 6.04 Å². The molecule has 0 radical (unpaired) electrons. The van der Waals surface area contributed by atoms with Crippen LogP contribution in [0.1, 0.15) is 68.9 Å². The number of carbonyl (C=O) groups excluding carboxylic acids is 6. The number of aliphatic imine (C=N–C) groups is 1. The van der Waals surface area contributed by atoms with Crippen molar-refractivity contribution in [3.05, 3.63) is 59.1 Å². The van der Waals surface area contributed by atoms with Gasteiger partial charge in [0, 0.05) is 31.5 Å². The number of amides is 7. The van der Waals surface area contributed by atoms with Crippen molar-refractivity contribution in [1.29, 1.82) is 0 Å². The Labute approximate surface area is 362 Å². The van der Waals surface area contributed by atoms with E-state index in [1.807, 2.05) is 25.1 Å². The number of thiazole rings is 1. The quantitative estimate of drug-likeness (QED) is 0.0891. The molecule has 2 aromatic carbocycles. The van der Waals surface area contributed by atoms with Crippen LogP contribution in [0, 0.1) is 0 Å². The fourth-order valence-electron chi connectivity index (χ4n) is 6.73. The number of carboxylic acids is 1. The number of ether oxygens (including phenoxy) is 1. The number of carboxylic acid groups (broad SMARTS) is 1. The summed E-state index contributed by atoms with van der Waals surface area (Å²) in [6.07, 6.45) is 2.67. The lowest BCUT2D eigenvalue weighted by molar-refractivity contribution is -0.137. The molecule has 18 nitrogen and oxygen atoms in total. The Morgan fingerprint density at radius 2 is 1.69 bits per heavy atom. The van der Waals surface area contributed by atoms with Crippen molar-refractivity contribution in [2.75, 3.05) is 44.8 Å². The van der Waals surface area contributed by atoms with Gasteiger partial charge in [-0.3, -0.25) is 24.2 Å². The third-order valence-corrected chi connectivity index (χ3v) is 12.1. The maximum absolute atomic E-state index is 14.1. The van der Waals surface area contributed by atoms with Gasteiger partial charge in [-0.1, -0.05) is 30.3 Å². The van der Waals surface area contributed by atoms with Crippen LogP contribution in [0.15, 0.2) is 53.5 Å². The van der Waals surface area contributed by atoms with Crippen LogP contribution in [-0.2, 0) is 35.3 Å². The molecule has 2 aliphatic heterocycles. The summed E-state index contributed by atoms with van der Waals surface area (Å²) in [5, 5.41) is 24.0. The number of fused-ring (bicyclic) bond motifs is 1. The number of anilines is 1. The number of aliphatic carboxylic acids is 1. The molecule has 5 rings (SSSR count). The van der Waals surface area contributed by atoms with Crippen LogP contribution in [0.25, 0.3) is 10.2 Å². The maximum Gasteiger partial charge on any atom is 0.415 e. The fourth-order valence-corrected chi connectivity index (χ4v) is 8.84. The van der Waals surface area contributed by atoms with Gasteiger partial charge in [-0.25, -0.2) is 24.7 Å². The molecular formula is C41H53N9O9S2. The van der Waals surface area contributed by atoms with Gasteiger partial charge < -0.3 is 40.9 Å². The van der Waals surface area contributed by atoms with E-state index in [9.17, 15) is 38.7 Å². The van der Waals surface area contributed by atoms with Gasteiger partial charge in [0.05, 0.1) is 10.2 Å². The molecule has 4 atom stereocenters. The molecule has 6 N–H and O–H groups in total. The average molecular weight is 880 g/mol. The minimum Gasteiger partial charge on any atom is -0.480 e. The lowest BCUT2D eigenvalue weighted by Gasteiger charge is -2.27. The highest BCUT2D eigenvalue weighted by molar-refractivity contribution is 8.15. The zero-order valence-electron chi connectivity index (χ0n) is 34.4. The zero-order chi connectivity index (χ0) is 43.9. The Kier molecular flexibility index (Phi) is 17.4. The summed E-state index contributed by atoms with van der Waals surface area (Å²) in [5.41, 5.74) is 1.84. The lowest BCUT2D eigenvalue weighted by atomic mass is 10.0. The summed E-state index contributed by atoms with van der Waals surface area (Å²) in [4.78, 5) is 102. The number of alkyl carbamates (subject to hydrolysis) is 1. The number of imide groups is 1. The number of hydrogen-bond acceptors (Lipinski definition) is 13. The number of carbonyl (C=O) groups is 7. The van der Waals surface area contributed by atoms with Crippen molar-refractivity contribution in [1.82, 2.24) is 36.1 Å². The van der Waals surface area contributed by atoms with Crippen LogP contribution in [0.2, 0.25) is 0 Å². The van der Waals surface area contributed by atoms with Crippen molar-refractivity contribution in [3.8, 4) is 0 Å². The highest BCUT2D eigenvalue weighted by Gasteiger charge is 2.37. The van der Waals surface area contributed by atoms with Gasteiger partial charge in [0.2, 0.25) is 23.6 Å². The first-order valence-corrected chi connectivity index (χ1v) is 22.0. The summed E-state index contributed by atoms with van der Waals surface area (Å²) >= 11 is 2.65. The van der Waals surface area contributed by atoms with Gasteiger partial charge in [0.25, 0.3) is 0 Å². The predicted octanol–water partition coefficient (Wildman–Crippen LogP) is 3.70. The van der Waals surface area contributed by atoms with Crippen molar-refractivity contribution in [2.45, 2.75) is 89.1 Å². The van der Waals surface area contributed by atoms with Gasteiger partial charge >= 0.3 is 18.1 Å². The standard InChI is InChI=1S/C41H53N9O9S2/c1-25(51)42-19-9-7-14-29(34(52)43-27-17-18-28-33(22-27)61-38(46-28)37-47-31(24-60-37)39(55)56)44-35(53)30(15-8-10-20-49(2)3)45-36(54)32-16-11-21-50(32)40(57)48-41(58)59-23-26-12-5-4-6-13-26/h4-6,12-13,17-18,22,29-32H,7-11,14-16,19-21,23-24H2,1-3H3,(H,42,51)(H,43,52)(H,44,53)(H,45,54)(H,55,56)(H,48,57,58)/t29-,30-,31+,32-/m0/s1. The molecule has 3 heterocycles. The third-order valence-electron chi connectivity index (χ3n) is 9.92. The second-order valence-corrected chi connectivity index (χ2v) is 17.1. The SMILES string of the molecule is CC(=O)NCCCC[C@H](NC(=O)[C@H](CCCCN(C)C)NC(=O)[C@@H]1CCCN1C(=O)NC(=O)OCc1ccccc1)C(=O)Nc1ccc2nc(C3=N[C@@H](C(=O)O)CS3)sc2c1. The third kappa shape index (κ3) is 14.2. The Morgan fingerprint density at radius 1 is 0.951 bits per heavy atom. The molecule has 0 saturated carbocycles. The lowest BCUT2D eigenvalue weighted by Crippen LogP contribution is -2.56. The summed E-state index contributed by atoms with van der Waals surface area (Å²) in [7, 11) is 3.87. The zero-order valence-corrected chi connectivity index (χ0v) is 36.1. The Morgan fingerprint density at radius 3 is 2.39 bits per heavy atom. The Hall–Kier alpha value is -5.60. The summed E-state index contributed by atoms with van der Waals surface area (Å²) < 4.78 is 5.93. The van der Waals surface area contributed by atoms with Crippen LogP contribution in [0.5, 0.6) is 0 Å². The van der Waals surface area contributed by atoms with E-state index >= 15 is 0 Å². The number of unbranched alkanes of at least 4 members (excludes halogenated alkanes) is 2. The van der Waals surface area contributed by atoms with Crippen LogP contribution < -0.4 is 26.6 Å². The van der Waals surface area contributed by atoms with E-state index in [1.54, 1.807) is 42.5 Å². The molecule has 61 heavy (non-hydrogen) atoms. The summed E-state index contributed by atoms with van der Waals surface area (Å²) in [6, 6.07) is 9.51. The first-order valence-electron chi connectivity index (χ1n) is 20.2. The molecule has 0 unspecified atom stereocenters. The van der Waals surface area contributed by atoms with Crippen LogP contribution >= 0.6 is 23.1 Å². The van der Waals surface area contributed by atoms with Gasteiger partial charge in [-0.15, -0.1) is 23.1 Å². The summed E-state index contributed by atoms with van der Waals surface area (Å²) in [6.45, 7) is 2.72. The van der Waals surface area contributed by atoms with E-state index in [4.69, 9.17) is 4.74 Å². The molecule has 1 saturated heterocycles. The van der Waals surface area contributed by atoms with Crippen LogP contribution in [0.4, 0.5) is 15.3 Å². The van der Waals surface area contributed by atoms with E-state index in [-0.39, 0.29) is 31.9 Å². The molecule has 0 spiro atoms. The second-order valence-electron chi connectivity index (χ2n) is 15.0. The van der Waals surface area contributed by atoms with E-state index in [0.717, 1.165) is 23.2 Å². The number of thioether (sulfide) groups is 1. The predicted molar refractivity (Wildman–Crippen MR) is 232 cm³/mol. The molecule has 7 amide bonds. The van der Waals surface area contributed by atoms with E-state index in [2.05, 4.69) is 36.6 Å². The highest BCUT2D eigenvalue weighted by Crippen LogP contribution is 2.31. The van der Waals surface area contributed by atoms with Crippen molar-refractivity contribution in [3.63, 3.8) is 0 Å². The largest absolute Gasteiger partial charge is 0.480 e. The molecule has 1 fully saturated rings. The number of hydrogen-bond donors (Lipinski definition) is 6. The van der Waals surface area contributed by atoms with Crippen LogP contribution in [0.3, 0.4) is 0 Å². The second kappa shape index (κ2) is 22.8. The summed E-state index contributed by atoms with van der Waals surface area (Å²) in [5.74, 6) is -2.48. The molecule has 3 aromatic rings. The van der Waals surface area contributed by atoms with Gasteiger partial charge in [-0.05, 0) is 95.8 Å². The topological polar surface area (TPSA) is 241 Å². The van der Waals surface area contributed by atoms with Crippen molar-refractivity contribution >= 4 is 85.8 Å². The molecule has 20 heteroatoms. The highest BCUT2D eigenvalue weighted by atomic mass is 32.2. The van der Waals surface area contributed by atoms with E-state index in [1.165, 1.54) is 34.9 Å². The van der Waals surface area contributed by atoms with Crippen LogP contribution in [-0.4, -0.2) is 130 Å². The van der Waals surface area contributed by atoms with Crippen molar-refractivity contribution in [2.24, 2.45) is 4.99 Å². The number of aromatic nitrogens is 1. The first-order chi connectivity index (χ1) is 29.3. The Balaban J connectivity index is 1.26. The number of benzene rings is 2. The van der Waals surface area contributed by atoms with Gasteiger partial charge in [0.1, 0.15) is 34.8 Å². The molecule has 0 bridgehead atoms. The fraction of sp³-hybridized carbons (Fsp3) is 0.488. The Bertz CT molecular complexity index is 2080. The number of urea groups is 1. The normalized spacial score (nSPS) is 17.0. The minimum absolute atomic E-state index is 0.0430. The maximum atomic E-state index is 14.1. The minimum atomic E-state index is -1.05.